The molecule has 1 aromatic carbocycles. The highest BCUT2D eigenvalue weighted by atomic mass is 16.5. The summed E-state index contributed by atoms with van der Waals surface area (Å²) in [6.07, 6.45) is 4.44. The van der Waals surface area contributed by atoms with Crippen LogP contribution in [0.15, 0.2) is 30.5 Å². The molecular weight excluding hydrogens is 262 g/mol. The fourth-order valence-corrected chi connectivity index (χ4v) is 2.98. The van der Waals surface area contributed by atoms with Crippen molar-refractivity contribution < 1.29 is 4.74 Å². The summed E-state index contributed by atoms with van der Waals surface area (Å²) in [5, 5.41) is 1.03. The summed E-state index contributed by atoms with van der Waals surface area (Å²) in [7, 11) is 1.74. The standard InChI is InChI=1S/C17H23N3O/c1-12(13-5-6-13)20(10-11-21-2)16-8-7-15-14(17(16)18)4-3-9-19-15/h3-4,7-9,12-13H,5-6,10-11,18H2,1-2H3. The van der Waals surface area contributed by atoms with Crippen molar-refractivity contribution in [3.63, 3.8) is 0 Å². The lowest BCUT2D eigenvalue weighted by atomic mass is 10.1. The second-order valence-corrected chi connectivity index (χ2v) is 5.83. The van der Waals surface area contributed by atoms with Gasteiger partial charge in [-0.1, -0.05) is 0 Å². The molecule has 1 heterocycles. The number of nitrogens with two attached hydrogens (primary N) is 1. The summed E-state index contributed by atoms with van der Waals surface area (Å²) in [6, 6.07) is 8.63. The third-order valence-corrected chi connectivity index (χ3v) is 4.45. The van der Waals surface area contributed by atoms with E-state index in [0.29, 0.717) is 12.6 Å². The molecule has 1 unspecified atom stereocenters. The lowest BCUT2D eigenvalue weighted by Gasteiger charge is -2.32. The predicted molar refractivity (Wildman–Crippen MR) is 87.6 cm³/mol. The van der Waals surface area contributed by atoms with Crippen LogP contribution in [0.1, 0.15) is 19.8 Å². The van der Waals surface area contributed by atoms with Crippen LogP contribution in [0.3, 0.4) is 0 Å². The molecule has 1 atom stereocenters. The highest BCUT2D eigenvalue weighted by Crippen LogP contribution is 2.39. The third kappa shape index (κ3) is 2.81. The fraction of sp³-hybridized carbons (Fsp3) is 0.471. The molecule has 0 aliphatic heterocycles. The molecule has 0 spiro atoms. The molecule has 2 N–H and O–H groups in total. The van der Waals surface area contributed by atoms with Crippen LogP contribution in [0.25, 0.3) is 10.9 Å². The number of hydrogen-bond donors (Lipinski definition) is 1. The van der Waals surface area contributed by atoms with Crippen molar-refractivity contribution in [2.75, 3.05) is 30.9 Å². The second-order valence-electron chi connectivity index (χ2n) is 5.83. The van der Waals surface area contributed by atoms with Crippen molar-refractivity contribution in [3.05, 3.63) is 30.5 Å². The average molecular weight is 285 g/mol. The summed E-state index contributed by atoms with van der Waals surface area (Å²) in [4.78, 5) is 6.77. The number of fused-ring (bicyclic) bond motifs is 1. The molecule has 21 heavy (non-hydrogen) atoms. The van der Waals surface area contributed by atoms with Gasteiger partial charge in [0.15, 0.2) is 0 Å². The van der Waals surface area contributed by atoms with Gasteiger partial charge in [-0.3, -0.25) is 4.98 Å². The van der Waals surface area contributed by atoms with Crippen molar-refractivity contribution in [3.8, 4) is 0 Å². The minimum Gasteiger partial charge on any atom is -0.396 e. The van der Waals surface area contributed by atoms with Crippen molar-refractivity contribution in [2.45, 2.75) is 25.8 Å². The number of anilines is 2. The second kappa shape index (κ2) is 5.90. The first-order valence-electron chi connectivity index (χ1n) is 7.61. The Balaban J connectivity index is 1.99. The Bertz CT molecular complexity index is 624. The minimum atomic E-state index is 0.497. The monoisotopic (exact) mass is 285 g/mol. The molecule has 1 fully saturated rings. The number of ether oxygens (including phenoxy) is 1. The van der Waals surface area contributed by atoms with Crippen LogP contribution in [0, 0.1) is 5.92 Å². The number of pyridine rings is 1. The molecule has 4 nitrogen and oxygen atoms in total. The quantitative estimate of drug-likeness (QED) is 0.829. The van der Waals surface area contributed by atoms with Gasteiger partial charge in [-0.05, 0) is 49.9 Å². The van der Waals surface area contributed by atoms with E-state index < -0.39 is 0 Å². The number of hydrogen-bond acceptors (Lipinski definition) is 4. The van der Waals surface area contributed by atoms with Gasteiger partial charge in [0.25, 0.3) is 0 Å². The van der Waals surface area contributed by atoms with Crippen LogP contribution < -0.4 is 10.6 Å². The van der Waals surface area contributed by atoms with Gasteiger partial charge in [-0.25, -0.2) is 0 Å². The highest BCUT2D eigenvalue weighted by Gasteiger charge is 2.32. The Labute approximate surface area is 125 Å². The molecule has 0 amide bonds. The number of aromatic nitrogens is 1. The largest absolute Gasteiger partial charge is 0.396 e. The van der Waals surface area contributed by atoms with Crippen LogP contribution in [0.4, 0.5) is 11.4 Å². The molecule has 0 saturated heterocycles. The smallest absolute Gasteiger partial charge is 0.0724 e. The lowest BCUT2D eigenvalue weighted by molar-refractivity contribution is 0.203. The number of benzene rings is 1. The molecule has 112 valence electrons. The lowest BCUT2D eigenvalue weighted by Crippen LogP contribution is -2.37. The van der Waals surface area contributed by atoms with Crippen LogP contribution in [-0.2, 0) is 4.74 Å². The van der Waals surface area contributed by atoms with Crippen molar-refractivity contribution in [2.24, 2.45) is 5.92 Å². The van der Waals surface area contributed by atoms with E-state index >= 15 is 0 Å². The van der Waals surface area contributed by atoms with E-state index in [1.54, 1.807) is 13.3 Å². The van der Waals surface area contributed by atoms with Gasteiger partial charge in [-0.2, -0.15) is 0 Å². The van der Waals surface area contributed by atoms with Gasteiger partial charge in [0.1, 0.15) is 0 Å². The number of rotatable bonds is 6. The van der Waals surface area contributed by atoms with Gasteiger partial charge in [0.2, 0.25) is 0 Å². The first kappa shape index (κ1) is 14.1. The maximum Gasteiger partial charge on any atom is 0.0724 e. The van der Waals surface area contributed by atoms with Gasteiger partial charge >= 0.3 is 0 Å². The predicted octanol–water partition coefficient (Wildman–Crippen LogP) is 3.07. The van der Waals surface area contributed by atoms with E-state index in [-0.39, 0.29) is 0 Å². The molecule has 2 aromatic rings. The summed E-state index contributed by atoms with van der Waals surface area (Å²) in [5.41, 5.74) is 9.30. The number of methoxy groups -OCH3 is 1. The van der Waals surface area contributed by atoms with Crippen molar-refractivity contribution in [1.82, 2.24) is 4.98 Å². The highest BCUT2D eigenvalue weighted by molar-refractivity contribution is 5.97. The Morgan fingerprint density at radius 2 is 2.19 bits per heavy atom. The number of nitrogens with zero attached hydrogens (tertiary/aromatic N) is 2. The normalized spacial score (nSPS) is 16.1. The Morgan fingerprint density at radius 3 is 2.90 bits per heavy atom. The van der Waals surface area contributed by atoms with Crippen molar-refractivity contribution >= 4 is 22.3 Å². The zero-order valence-corrected chi connectivity index (χ0v) is 12.7. The van der Waals surface area contributed by atoms with Crippen LogP contribution in [-0.4, -0.2) is 31.3 Å². The molecule has 1 saturated carbocycles. The van der Waals surface area contributed by atoms with Crippen LogP contribution in [0.2, 0.25) is 0 Å². The van der Waals surface area contributed by atoms with Gasteiger partial charge in [0, 0.05) is 31.3 Å². The van der Waals surface area contributed by atoms with E-state index in [2.05, 4.69) is 28.9 Å². The zero-order chi connectivity index (χ0) is 14.8. The summed E-state index contributed by atoms with van der Waals surface area (Å²) in [5.74, 6) is 0.783. The maximum absolute atomic E-state index is 6.43. The van der Waals surface area contributed by atoms with Gasteiger partial charge < -0.3 is 15.4 Å². The van der Waals surface area contributed by atoms with Gasteiger partial charge in [-0.15, -0.1) is 0 Å². The van der Waals surface area contributed by atoms with E-state index in [1.165, 1.54) is 12.8 Å². The Kier molecular flexibility index (Phi) is 3.97. The molecule has 3 rings (SSSR count). The Hall–Kier alpha value is -1.81. The molecular formula is C17H23N3O. The molecule has 1 aliphatic rings. The van der Waals surface area contributed by atoms with Crippen LogP contribution in [0.5, 0.6) is 0 Å². The Morgan fingerprint density at radius 1 is 1.38 bits per heavy atom. The third-order valence-electron chi connectivity index (χ3n) is 4.45. The fourth-order valence-electron chi connectivity index (χ4n) is 2.98. The molecule has 0 bridgehead atoms. The van der Waals surface area contributed by atoms with E-state index in [4.69, 9.17) is 10.5 Å². The van der Waals surface area contributed by atoms with Gasteiger partial charge in [0.05, 0.1) is 23.5 Å². The maximum atomic E-state index is 6.43. The molecule has 1 aliphatic carbocycles. The SMILES string of the molecule is COCCN(c1ccc2ncccc2c1N)C(C)C1CC1. The minimum absolute atomic E-state index is 0.497. The topological polar surface area (TPSA) is 51.4 Å². The molecule has 1 aromatic heterocycles. The van der Waals surface area contributed by atoms with E-state index in [1.807, 2.05) is 12.1 Å². The number of nitrogen functional groups attached to an aromatic ring is 1. The van der Waals surface area contributed by atoms with Crippen LogP contribution >= 0.6 is 0 Å². The van der Waals surface area contributed by atoms with Crippen molar-refractivity contribution in [1.29, 1.82) is 0 Å². The molecule has 4 heteroatoms. The van der Waals surface area contributed by atoms with E-state index in [9.17, 15) is 0 Å². The summed E-state index contributed by atoms with van der Waals surface area (Å²) >= 11 is 0. The first-order chi connectivity index (χ1) is 10.2. The summed E-state index contributed by atoms with van der Waals surface area (Å²) < 4.78 is 5.28. The van der Waals surface area contributed by atoms with E-state index in [0.717, 1.165) is 34.7 Å². The summed E-state index contributed by atoms with van der Waals surface area (Å²) in [6.45, 7) is 3.87. The first-order valence-corrected chi connectivity index (χ1v) is 7.61. The average Bonchev–Trinajstić information content (AvgIpc) is 3.34. The zero-order valence-electron chi connectivity index (χ0n) is 12.7. The molecule has 0 radical (unpaired) electrons.